The number of nitrogens with zero attached hydrogens (tertiary/aromatic N) is 3. The van der Waals surface area contributed by atoms with Crippen LogP contribution in [0.15, 0.2) is 6.20 Å². The van der Waals surface area contributed by atoms with Crippen molar-refractivity contribution in [3.05, 3.63) is 22.3 Å². The molecule has 7 nitrogen and oxygen atoms in total. The Balaban J connectivity index is 2.88. The fourth-order valence-electron chi connectivity index (χ4n) is 1.44. The Morgan fingerprint density at radius 1 is 1.60 bits per heavy atom. The van der Waals surface area contributed by atoms with E-state index < -0.39 is 41.2 Å². The van der Waals surface area contributed by atoms with E-state index in [0.717, 1.165) is 0 Å². The van der Waals surface area contributed by atoms with Gasteiger partial charge in [0.05, 0.1) is 4.92 Å². The number of nitrogens with one attached hydrogen (secondary N) is 1. The minimum absolute atomic E-state index is 0.0119. The van der Waals surface area contributed by atoms with Gasteiger partial charge >= 0.3 is 17.8 Å². The number of hydrogen-bond acceptors (Lipinski definition) is 4. The van der Waals surface area contributed by atoms with Gasteiger partial charge in [-0.1, -0.05) is 6.92 Å². The Morgan fingerprint density at radius 3 is 2.60 bits per heavy atom. The van der Waals surface area contributed by atoms with E-state index in [1.807, 2.05) is 0 Å². The SMILES string of the molecule is CCC(C(=O)NCC(F)(F)F)n1cc([N+](=O)[O-])c(F)n1. The van der Waals surface area contributed by atoms with Crippen LogP contribution < -0.4 is 5.32 Å². The Morgan fingerprint density at radius 2 is 2.20 bits per heavy atom. The maximum Gasteiger partial charge on any atom is 0.405 e. The van der Waals surface area contributed by atoms with Gasteiger partial charge in [0.25, 0.3) is 0 Å². The Bertz CT molecular complexity index is 514. The van der Waals surface area contributed by atoms with Crippen LogP contribution in [0.25, 0.3) is 0 Å². The Hall–Kier alpha value is -2.20. The highest BCUT2D eigenvalue weighted by Crippen LogP contribution is 2.20. The second-order valence-corrected chi connectivity index (χ2v) is 3.80. The first-order chi connectivity index (χ1) is 9.15. The number of alkyl halides is 3. The van der Waals surface area contributed by atoms with Gasteiger partial charge in [-0.2, -0.15) is 17.6 Å². The van der Waals surface area contributed by atoms with Crippen LogP contribution in [-0.2, 0) is 4.79 Å². The molecule has 0 fully saturated rings. The highest BCUT2D eigenvalue weighted by molar-refractivity contribution is 5.80. The minimum atomic E-state index is -4.59. The van der Waals surface area contributed by atoms with Crippen molar-refractivity contribution in [2.45, 2.75) is 25.6 Å². The van der Waals surface area contributed by atoms with E-state index in [4.69, 9.17) is 0 Å². The molecular weight excluding hydrogens is 288 g/mol. The van der Waals surface area contributed by atoms with Crippen LogP contribution >= 0.6 is 0 Å². The zero-order chi connectivity index (χ0) is 15.5. The number of halogens is 4. The van der Waals surface area contributed by atoms with Crippen molar-refractivity contribution in [3.63, 3.8) is 0 Å². The molecule has 0 aliphatic rings. The fraction of sp³-hybridized carbons (Fsp3) is 0.556. The summed E-state index contributed by atoms with van der Waals surface area (Å²) < 4.78 is 49.7. The summed E-state index contributed by atoms with van der Waals surface area (Å²) >= 11 is 0. The monoisotopic (exact) mass is 298 g/mol. The topological polar surface area (TPSA) is 90.1 Å². The summed E-state index contributed by atoms with van der Waals surface area (Å²) in [5.41, 5.74) is -0.952. The highest BCUT2D eigenvalue weighted by atomic mass is 19.4. The lowest BCUT2D eigenvalue weighted by Crippen LogP contribution is -2.38. The number of aromatic nitrogens is 2. The van der Waals surface area contributed by atoms with E-state index in [0.29, 0.717) is 10.9 Å². The number of nitro groups is 1. The molecule has 1 rings (SSSR count). The smallest absolute Gasteiger partial charge is 0.345 e. The number of carbonyl (C=O) groups excluding carboxylic acids is 1. The van der Waals surface area contributed by atoms with Crippen LogP contribution in [-0.4, -0.2) is 33.3 Å². The van der Waals surface area contributed by atoms with Gasteiger partial charge in [0.2, 0.25) is 5.91 Å². The van der Waals surface area contributed by atoms with Gasteiger partial charge in [-0.05, 0) is 6.42 Å². The molecule has 0 bridgehead atoms. The van der Waals surface area contributed by atoms with Gasteiger partial charge in [-0.25, -0.2) is 0 Å². The Kier molecular flexibility index (Phi) is 4.63. The quantitative estimate of drug-likeness (QED) is 0.507. The second-order valence-electron chi connectivity index (χ2n) is 3.80. The molecule has 1 heterocycles. The average molecular weight is 298 g/mol. The number of rotatable bonds is 5. The molecular formula is C9H10F4N4O3. The molecule has 0 saturated carbocycles. The lowest BCUT2D eigenvalue weighted by Gasteiger charge is -2.15. The van der Waals surface area contributed by atoms with E-state index in [1.165, 1.54) is 6.92 Å². The predicted molar refractivity (Wildman–Crippen MR) is 57.2 cm³/mol. The molecule has 0 aliphatic heterocycles. The van der Waals surface area contributed by atoms with E-state index in [2.05, 4.69) is 5.10 Å². The van der Waals surface area contributed by atoms with Gasteiger partial charge in [0.15, 0.2) is 0 Å². The van der Waals surface area contributed by atoms with Crippen molar-refractivity contribution < 1.29 is 27.3 Å². The predicted octanol–water partition coefficient (Wildman–Crippen LogP) is 1.56. The molecule has 20 heavy (non-hydrogen) atoms. The molecule has 1 atom stereocenters. The molecule has 1 aromatic heterocycles. The summed E-state index contributed by atoms with van der Waals surface area (Å²) in [6.45, 7) is -0.0998. The van der Waals surface area contributed by atoms with Crippen molar-refractivity contribution in [3.8, 4) is 0 Å². The van der Waals surface area contributed by atoms with Crippen molar-refractivity contribution in [2.75, 3.05) is 6.54 Å². The molecule has 11 heteroatoms. The third-order valence-electron chi connectivity index (χ3n) is 2.34. The zero-order valence-electron chi connectivity index (χ0n) is 10.1. The Labute approximate surface area is 109 Å². The summed E-state index contributed by atoms with van der Waals surface area (Å²) in [5.74, 6) is -2.46. The molecule has 0 saturated heterocycles. The first-order valence-electron chi connectivity index (χ1n) is 5.39. The van der Waals surface area contributed by atoms with Crippen LogP contribution in [0, 0.1) is 16.1 Å². The molecule has 0 spiro atoms. The summed E-state index contributed by atoms with van der Waals surface area (Å²) in [5, 5.41) is 15.2. The van der Waals surface area contributed by atoms with Crippen LogP contribution in [0.2, 0.25) is 0 Å². The van der Waals surface area contributed by atoms with Crippen LogP contribution in [0.5, 0.6) is 0 Å². The minimum Gasteiger partial charge on any atom is -0.345 e. The lowest BCUT2D eigenvalue weighted by atomic mass is 10.2. The van der Waals surface area contributed by atoms with Crippen LogP contribution in [0.1, 0.15) is 19.4 Å². The number of hydrogen-bond donors (Lipinski definition) is 1. The summed E-state index contributed by atoms with van der Waals surface area (Å²) in [6.07, 6.45) is -3.94. The standard InChI is InChI=1S/C9H10F4N4O3/c1-2-5(8(18)14-4-9(11,12)13)16-3-6(17(19)20)7(10)15-16/h3,5H,2,4H2,1H3,(H,14,18). The fourth-order valence-corrected chi connectivity index (χ4v) is 1.44. The van der Waals surface area contributed by atoms with E-state index in [1.54, 1.807) is 5.32 Å². The van der Waals surface area contributed by atoms with Crippen LogP contribution in [0.3, 0.4) is 0 Å². The summed E-state index contributed by atoms with van der Waals surface area (Å²) in [7, 11) is 0. The van der Waals surface area contributed by atoms with Gasteiger partial charge in [0.1, 0.15) is 18.8 Å². The van der Waals surface area contributed by atoms with Crippen molar-refractivity contribution in [1.82, 2.24) is 15.1 Å². The second kappa shape index (κ2) is 5.84. The highest BCUT2D eigenvalue weighted by Gasteiger charge is 2.31. The van der Waals surface area contributed by atoms with Gasteiger partial charge in [-0.15, -0.1) is 5.10 Å². The van der Waals surface area contributed by atoms with Crippen molar-refractivity contribution in [1.29, 1.82) is 0 Å². The molecule has 112 valence electrons. The maximum atomic E-state index is 13.1. The van der Waals surface area contributed by atoms with Gasteiger partial charge in [-0.3, -0.25) is 19.6 Å². The first-order valence-corrected chi connectivity index (χ1v) is 5.39. The lowest BCUT2D eigenvalue weighted by molar-refractivity contribution is -0.387. The first kappa shape index (κ1) is 15.9. The molecule has 0 aromatic carbocycles. The number of carbonyl (C=O) groups is 1. The average Bonchev–Trinajstić information content (AvgIpc) is 2.69. The molecule has 1 amide bonds. The summed E-state index contributed by atoms with van der Waals surface area (Å²) in [4.78, 5) is 20.9. The molecule has 0 aliphatic carbocycles. The van der Waals surface area contributed by atoms with Crippen molar-refractivity contribution >= 4 is 11.6 Å². The van der Waals surface area contributed by atoms with E-state index in [-0.39, 0.29) is 6.42 Å². The van der Waals surface area contributed by atoms with E-state index >= 15 is 0 Å². The third kappa shape index (κ3) is 3.90. The normalized spacial score (nSPS) is 13.1. The molecule has 1 unspecified atom stereocenters. The zero-order valence-corrected chi connectivity index (χ0v) is 10.1. The van der Waals surface area contributed by atoms with Gasteiger partial charge in [0, 0.05) is 0 Å². The molecule has 1 N–H and O–H groups in total. The largest absolute Gasteiger partial charge is 0.405 e. The van der Waals surface area contributed by atoms with Crippen molar-refractivity contribution in [2.24, 2.45) is 0 Å². The molecule has 0 radical (unpaired) electrons. The molecule has 1 aromatic rings. The third-order valence-corrected chi connectivity index (χ3v) is 2.34. The summed E-state index contributed by atoms with van der Waals surface area (Å²) in [6, 6.07) is -1.26. The van der Waals surface area contributed by atoms with E-state index in [9.17, 15) is 32.5 Å². The number of amides is 1. The van der Waals surface area contributed by atoms with Gasteiger partial charge < -0.3 is 5.32 Å². The van der Waals surface area contributed by atoms with Crippen LogP contribution in [0.4, 0.5) is 23.2 Å². The maximum absolute atomic E-state index is 13.1.